The average molecular weight is 263 g/mol. The van der Waals surface area contributed by atoms with Crippen molar-refractivity contribution in [3.63, 3.8) is 0 Å². The summed E-state index contributed by atoms with van der Waals surface area (Å²) in [4.78, 5) is 11.8. The van der Waals surface area contributed by atoms with Crippen molar-refractivity contribution in [2.24, 2.45) is 11.7 Å². The lowest BCUT2D eigenvalue weighted by molar-refractivity contribution is -0.118. The molecule has 0 saturated heterocycles. The van der Waals surface area contributed by atoms with E-state index in [0.29, 0.717) is 18.0 Å². The minimum atomic E-state index is -0.811. The fraction of sp³-hybridized carbons (Fsp3) is 0.467. The lowest BCUT2D eigenvalue weighted by Gasteiger charge is -2.20. The van der Waals surface area contributed by atoms with Gasteiger partial charge < -0.3 is 16.2 Å². The Labute approximate surface area is 115 Å². The number of benzene rings is 1. The van der Waals surface area contributed by atoms with Gasteiger partial charge in [0.2, 0.25) is 5.91 Å². The van der Waals surface area contributed by atoms with Gasteiger partial charge in [0.05, 0.1) is 12.5 Å². The van der Waals surface area contributed by atoms with E-state index in [2.05, 4.69) is 12.2 Å². The molecule has 0 bridgehead atoms. The van der Waals surface area contributed by atoms with Gasteiger partial charge in [-0.2, -0.15) is 0 Å². The molecule has 0 aliphatic rings. The van der Waals surface area contributed by atoms with Gasteiger partial charge in [-0.15, -0.1) is 0 Å². The van der Waals surface area contributed by atoms with Crippen LogP contribution in [0.4, 0.5) is 5.69 Å². The Morgan fingerprint density at radius 3 is 2.47 bits per heavy atom. The molecule has 0 spiro atoms. The maximum Gasteiger partial charge on any atom is 0.227 e. The van der Waals surface area contributed by atoms with Gasteiger partial charge in [0.25, 0.3) is 0 Å². The predicted octanol–water partition coefficient (Wildman–Crippen LogP) is 1.93. The van der Waals surface area contributed by atoms with Crippen LogP contribution >= 0.6 is 0 Å². The number of carbonyl (C=O) groups is 1. The first-order valence-electron chi connectivity index (χ1n) is 6.54. The summed E-state index contributed by atoms with van der Waals surface area (Å²) in [5.74, 6) is 0.167. The molecule has 1 amide bonds. The van der Waals surface area contributed by atoms with Crippen LogP contribution in [0.15, 0.2) is 24.3 Å². The van der Waals surface area contributed by atoms with Crippen molar-refractivity contribution in [2.45, 2.75) is 38.8 Å². The van der Waals surface area contributed by atoms with Crippen molar-refractivity contribution in [1.82, 2.24) is 0 Å². The lowest BCUT2D eigenvalue weighted by atomic mass is 9.98. The topological polar surface area (TPSA) is 75.3 Å². The number of carbonyl (C=O) groups excluding carboxylic acids is 1. The van der Waals surface area contributed by atoms with Gasteiger partial charge in [-0.1, -0.05) is 26.0 Å². The molecule has 105 valence electrons. The van der Waals surface area contributed by atoms with E-state index in [0.717, 1.165) is 5.56 Å². The lowest BCUT2D eigenvalue weighted by Crippen LogP contribution is -2.38. The number of nitrogens with two attached hydrogens (primary N) is 1. The Bertz CT molecular complexity index is 401. The normalized spacial score (nSPS) is 14.2. The summed E-state index contributed by atoms with van der Waals surface area (Å²) < 4.78 is 0. The zero-order chi connectivity index (χ0) is 14.4. The van der Waals surface area contributed by atoms with Crippen LogP contribution in [0.2, 0.25) is 0 Å². The third kappa shape index (κ3) is 5.85. The molecule has 19 heavy (non-hydrogen) atoms. The van der Waals surface area contributed by atoms with Gasteiger partial charge in [-0.3, -0.25) is 4.79 Å². The monoisotopic (exact) mass is 263 g/mol. The van der Waals surface area contributed by atoms with Crippen molar-refractivity contribution in [2.75, 3.05) is 5.32 Å². The summed E-state index contributed by atoms with van der Waals surface area (Å²) >= 11 is 0. The minimum Gasteiger partial charge on any atom is -0.391 e. The van der Waals surface area contributed by atoms with E-state index >= 15 is 0 Å². The van der Waals surface area contributed by atoms with E-state index in [-0.39, 0.29) is 18.4 Å². The Balaban J connectivity index is 2.44. The number of nitrogens with one attached hydrogen (secondary N) is 1. The van der Waals surface area contributed by atoms with Crippen LogP contribution in [0.25, 0.3) is 0 Å². The van der Waals surface area contributed by atoms with Crippen molar-refractivity contribution in [3.05, 3.63) is 36.8 Å². The molecule has 2 atom stereocenters. The van der Waals surface area contributed by atoms with Crippen LogP contribution in [0.1, 0.15) is 32.3 Å². The van der Waals surface area contributed by atoms with Gasteiger partial charge in [0.15, 0.2) is 0 Å². The number of rotatable bonds is 6. The zero-order valence-corrected chi connectivity index (χ0v) is 11.6. The second-order valence-corrected chi connectivity index (χ2v) is 5.31. The van der Waals surface area contributed by atoms with Crippen LogP contribution in [0.3, 0.4) is 0 Å². The van der Waals surface area contributed by atoms with Gasteiger partial charge in [-0.25, -0.2) is 0 Å². The van der Waals surface area contributed by atoms with Crippen molar-refractivity contribution >= 4 is 11.6 Å². The Kier molecular flexibility index (Phi) is 5.99. The van der Waals surface area contributed by atoms with E-state index in [4.69, 9.17) is 5.73 Å². The Morgan fingerprint density at radius 1 is 1.37 bits per heavy atom. The molecule has 4 nitrogen and oxygen atoms in total. The number of hydrogen-bond donors (Lipinski definition) is 3. The molecule has 0 heterocycles. The third-order valence-electron chi connectivity index (χ3n) is 2.87. The van der Waals surface area contributed by atoms with Crippen LogP contribution in [-0.4, -0.2) is 23.2 Å². The van der Waals surface area contributed by atoms with Crippen molar-refractivity contribution in [3.8, 4) is 0 Å². The second kappa shape index (κ2) is 7.26. The minimum absolute atomic E-state index is 0.0139. The molecule has 0 aliphatic heterocycles. The molecule has 1 aromatic carbocycles. The zero-order valence-electron chi connectivity index (χ0n) is 11.6. The van der Waals surface area contributed by atoms with E-state index in [9.17, 15) is 9.90 Å². The highest BCUT2D eigenvalue weighted by Gasteiger charge is 2.19. The predicted molar refractivity (Wildman–Crippen MR) is 77.6 cm³/mol. The molecule has 1 radical (unpaired) electrons. The highest BCUT2D eigenvalue weighted by molar-refractivity contribution is 5.91. The van der Waals surface area contributed by atoms with Gasteiger partial charge >= 0.3 is 0 Å². The molecule has 0 fully saturated rings. The standard InChI is InChI=1S/C15H23N2O2/c1-10(2)8-13(16)14(18)9-15(19)17-12-6-4-11(3)5-7-12/h4-7,10,13-14,18H,3,8-9,16H2,1-2H3,(H,17,19)/t13-,14-/m0/s1. The first kappa shape index (κ1) is 15.7. The number of aliphatic hydroxyl groups is 1. The van der Waals surface area contributed by atoms with Gasteiger partial charge in [0, 0.05) is 11.7 Å². The van der Waals surface area contributed by atoms with Crippen molar-refractivity contribution in [1.29, 1.82) is 0 Å². The molecular weight excluding hydrogens is 240 g/mol. The number of anilines is 1. The molecule has 4 N–H and O–H groups in total. The fourth-order valence-corrected chi connectivity index (χ4v) is 1.84. The number of hydrogen-bond acceptors (Lipinski definition) is 3. The molecule has 0 aromatic heterocycles. The largest absolute Gasteiger partial charge is 0.391 e. The summed E-state index contributed by atoms with van der Waals surface area (Å²) in [7, 11) is 0. The number of amides is 1. The van der Waals surface area contributed by atoms with E-state index in [1.807, 2.05) is 26.0 Å². The quantitative estimate of drug-likeness (QED) is 0.734. The molecule has 0 unspecified atom stereocenters. The number of aliphatic hydroxyl groups excluding tert-OH is 1. The van der Waals surface area contributed by atoms with Gasteiger partial charge in [-0.05, 0) is 37.0 Å². The Hall–Kier alpha value is -1.39. The highest BCUT2D eigenvalue weighted by Crippen LogP contribution is 2.12. The second-order valence-electron chi connectivity index (χ2n) is 5.31. The maximum atomic E-state index is 11.8. The highest BCUT2D eigenvalue weighted by atomic mass is 16.3. The molecule has 0 aliphatic carbocycles. The summed E-state index contributed by atoms with van der Waals surface area (Å²) in [6, 6.07) is 6.82. The van der Waals surface area contributed by atoms with Crippen LogP contribution < -0.4 is 11.1 Å². The maximum absolute atomic E-state index is 11.8. The SMILES string of the molecule is [CH2]c1ccc(NC(=O)C[C@H](O)[C@@H](N)CC(C)C)cc1. The van der Waals surface area contributed by atoms with Crippen LogP contribution in [-0.2, 0) is 4.79 Å². The van der Waals surface area contributed by atoms with Crippen LogP contribution in [0.5, 0.6) is 0 Å². The summed E-state index contributed by atoms with van der Waals surface area (Å²) in [5.41, 5.74) is 7.42. The summed E-state index contributed by atoms with van der Waals surface area (Å²) in [6.45, 7) is 7.84. The molecule has 1 aromatic rings. The molecule has 1 rings (SSSR count). The fourth-order valence-electron chi connectivity index (χ4n) is 1.84. The molecule has 4 heteroatoms. The van der Waals surface area contributed by atoms with E-state index < -0.39 is 6.10 Å². The molecular formula is C15H23N2O2. The Morgan fingerprint density at radius 2 is 1.95 bits per heavy atom. The summed E-state index contributed by atoms with van der Waals surface area (Å²) in [6.07, 6.45) is -0.0977. The third-order valence-corrected chi connectivity index (χ3v) is 2.87. The smallest absolute Gasteiger partial charge is 0.227 e. The van der Waals surface area contributed by atoms with Crippen LogP contribution in [0, 0.1) is 12.8 Å². The first-order chi connectivity index (χ1) is 8.88. The molecule has 0 saturated carbocycles. The van der Waals surface area contributed by atoms with Crippen molar-refractivity contribution < 1.29 is 9.90 Å². The first-order valence-corrected chi connectivity index (χ1v) is 6.54. The van der Waals surface area contributed by atoms with Gasteiger partial charge in [0.1, 0.15) is 0 Å². The van der Waals surface area contributed by atoms with E-state index in [1.165, 1.54) is 0 Å². The van der Waals surface area contributed by atoms with E-state index in [1.54, 1.807) is 12.1 Å². The summed E-state index contributed by atoms with van der Waals surface area (Å²) in [5, 5.41) is 12.6. The average Bonchev–Trinajstić information content (AvgIpc) is 2.31.